The fourth-order valence-corrected chi connectivity index (χ4v) is 0.402. The van der Waals surface area contributed by atoms with Gasteiger partial charge in [-0.2, -0.15) is 10.2 Å². The lowest BCUT2D eigenvalue weighted by molar-refractivity contribution is 0.961. The van der Waals surface area contributed by atoms with Gasteiger partial charge in [-0.05, 0) is 25.4 Å². The van der Waals surface area contributed by atoms with Gasteiger partial charge in [0.15, 0.2) is 0 Å². The lowest BCUT2D eigenvalue weighted by atomic mass is 10.3. The van der Waals surface area contributed by atoms with Crippen molar-refractivity contribution in [3.8, 4) is 0 Å². The van der Waals surface area contributed by atoms with Crippen molar-refractivity contribution in [2.24, 2.45) is 0 Å². The Balaban J connectivity index is 3.14. The van der Waals surface area contributed by atoms with Crippen LogP contribution in [0.25, 0.3) is 0 Å². The fourth-order valence-electron chi connectivity index (χ4n) is 0.402. The van der Waals surface area contributed by atoms with Gasteiger partial charge in [0.25, 0.3) is 0 Å². The smallest absolute Gasteiger partial charge is 0.0629 e. The van der Waals surface area contributed by atoms with E-state index >= 15 is 0 Å². The van der Waals surface area contributed by atoms with Crippen LogP contribution in [-0.4, -0.2) is 10.2 Å². The molecule has 1 aromatic rings. The van der Waals surface area contributed by atoms with Crippen LogP contribution in [0.5, 0.6) is 0 Å². The standard InChI is InChI=1S/C6H8N2/c1-5-3-4-7-8-6(5)2/h3-4H,1-2H3/i1D3. The largest absolute Gasteiger partial charge is 0.159 e. The van der Waals surface area contributed by atoms with Crippen LogP contribution in [0, 0.1) is 13.8 Å². The van der Waals surface area contributed by atoms with E-state index in [4.69, 9.17) is 4.11 Å². The van der Waals surface area contributed by atoms with Crippen molar-refractivity contribution < 1.29 is 4.11 Å². The third kappa shape index (κ3) is 0.832. The van der Waals surface area contributed by atoms with E-state index in [0.29, 0.717) is 5.69 Å². The highest BCUT2D eigenvalue weighted by Gasteiger charge is 1.86. The molecule has 42 valence electrons. The molecule has 0 N–H and O–H groups in total. The molecule has 2 heteroatoms. The van der Waals surface area contributed by atoms with E-state index in [-0.39, 0.29) is 5.56 Å². The first-order chi connectivity index (χ1) is 5.02. The van der Waals surface area contributed by atoms with Crippen molar-refractivity contribution in [3.05, 3.63) is 23.5 Å². The maximum atomic E-state index is 7.08. The van der Waals surface area contributed by atoms with Crippen LogP contribution in [0.2, 0.25) is 0 Å². The molecular weight excluding hydrogens is 100 g/mol. The van der Waals surface area contributed by atoms with Crippen LogP contribution in [-0.2, 0) is 0 Å². The quantitative estimate of drug-likeness (QED) is 0.501. The Morgan fingerprint density at radius 2 is 2.62 bits per heavy atom. The summed E-state index contributed by atoms with van der Waals surface area (Å²) in [7, 11) is 0. The summed E-state index contributed by atoms with van der Waals surface area (Å²) in [6.45, 7) is -0.436. The van der Waals surface area contributed by atoms with Gasteiger partial charge in [0.1, 0.15) is 0 Å². The number of aryl methyl sites for hydroxylation is 2. The Morgan fingerprint density at radius 3 is 3.12 bits per heavy atom. The van der Waals surface area contributed by atoms with E-state index in [0.717, 1.165) is 0 Å². The second-order valence-corrected chi connectivity index (χ2v) is 1.53. The van der Waals surface area contributed by atoms with E-state index in [1.54, 1.807) is 6.92 Å². The minimum absolute atomic E-state index is 0.271. The third-order valence-electron chi connectivity index (χ3n) is 0.905. The van der Waals surface area contributed by atoms with E-state index in [1.807, 2.05) is 0 Å². The van der Waals surface area contributed by atoms with Gasteiger partial charge in [0, 0.05) is 10.3 Å². The summed E-state index contributed by atoms with van der Waals surface area (Å²) >= 11 is 0. The summed E-state index contributed by atoms with van der Waals surface area (Å²) < 4.78 is 21.2. The molecule has 8 heavy (non-hydrogen) atoms. The minimum atomic E-state index is -2.07. The number of aromatic nitrogens is 2. The lowest BCUT2D eigenvalue weighted by Gasteiger charge is -1.91. The Morgan fingerprint density at radius 1 is 1.75 bits per heavy atom. The molecular formula is C6H8N2. The molecule has 0 saturated carbocycles. The van der Waals surface area contributed by atoms with Crippen LogP contribution in [0.1, 0.15) is 15.4 Å². The van der Waals surface area contributed by atoms with Gasteiger partial charge in [-0.15, -0.1) is 0 Å². The van der Waals surface area contributed by atoms with Crippen molar-refractivity contribution in [2.75, 3.05) is 0 Å². The fraction of sp³-hybridized carbons (Fsp3) is 0.333. The Hall–Kier alpha value is -0.920. The highest BCUT2D eigenvalue weighted by Crippen LogP contribution is 1.96. The van der Waals surface area contributed by atoms with Gasteiger partial charge in [-0.3, -0.25) is 0 Å². The van der Waals surface area contributed by atoms with E-state index in [9.17, 15) is 0 Å². The molecule has 0 aliphatic rings. The van der Waals surface area contributed by atoms with Crippen molar-refractivity contribution in [3.63, 3.8) is 0 Å². The van der Waals surface area contributed by atoms with Gasteiger partial charge in [0.2, 0.25) is 0 Å². The predicted molar refractivity (Wildman–Crippen MR) is 31.5 cm³/mol. The number of hydrogen-bond donors (Lipinski definition) is 0. The van der Waals surface area contributed by atoms with E-state index in [1.165, 1.54) is 12.3 Å². The Kier molecular flexibility index (Phi) is 0.613. The highest BCUT2D eigenvalue weighted by atomic mass is 15.1. The topological polar surface area (TPSA) is 25.8 Å². The van der Waals surface area contributed by atoms with Crippen LogP contribution < -0.4 is 0 Å². The molecule has 1 rings (SSSR count). The van der Waals surface area contributed by atoms with Crippen LogP contribution in [0.15, 0.2) is 12.3 Å². The summed E-state index contributed by atoms with van der Waals surface area (Å²) in [4.78, 5) is 0. The zero-order chi connectivity index (χ0) is 8.48. The molecule has 0 amide bonds. The number of rotatable bonds is 0. The van der Waals surface area contributed by atoms with E-state index in [2.05, 4.69) is 10.2 Å². The maximum Gasteiger partial charge on any atom is 0.0629 e. The number of nitrogens with zero attached hydrogens (tertiary/aromatic N) is 2. The average Bonchev–Trinajstić information content (AvgIpc) is 1.86. The molecule has 0 unspecified atom stereocenters. The molecule has 0 bridgehead atoms. The van der Waals surface area contributed by atoms with Crippen molar-refractivity contribution >= 4 is 0 Å². The van der Waals surface area contributed by atoms with Gasteiger partial charge in [-0.25, -0.2) is 0 Å². The Bertz CT molecular complexity index is 256. The van der Waals surface area contributed by atoms with E-state index < -0.39 is 6.85 Å². The van der Waals surface area contributed by atoms with Crippen molar-refractivity contribution in [1.82, 2.24) is 10.2 Å². The molecule has 0 fully saturated rings. The zero-order valence-corrected chi connectivity index (χ0v) is 4.55. The van der Waals surface area contributed by atoms with Gasteiger partial charge in [0.05, 0.1) is 5.69 Å². The normalized spacial score (nSPS) is 16.4. The summed E-state index contributed by atoms with van der Waals surface area (Å²) in [6.07, 6.45) is 1.38. The summed E-state index contributed by atoms with van der Waals surface area (Å²) in [5, 5.41) is 7.19. The first-order valence-corrected chi connectivity index (χ1v) is 2.30. The first-order valence-electron chi connectivity index (χ1n) is 3.80. The van der Waals surface area contributed by atoms with Gasteiger partial charge in [-0.1, -0.05) is 0 Å². The molecule has 1 aromatic heterocycles. The summed E-state index contributed by atoms with van der Waals surface area (Å²) in [6, 6.07) is 1.47. The molecule has 0 radical (unpaired) electrons. The summed E-state index contributed by atoms with van der Waals surface area (Å²) in [5.41, 5.74) is 0.736. The second kappa shape index (κ2) is 1.90. The molecule has 1 heterocycles. The lowest BCUT2D eigenvalue weighted by Crippen LogP contribution is -1.86. The average molecular weight is 111 g/mol. The van der Waals surface area contributed by atoms with Gasteiger partial charge >= 0.3 is 0 Å². The molecule has 0 spiro atoms. The maximum absolute atomic E-state index is 7.08. The van der Waals surface area contributed by atoms with Gasteiger partial charge < -0.3 is 0 Å². The molecule has 2 nitrogen and oxygen atoms in total. The molecule has 0 aliphatic carbocycles. The Labute approximate surface area is 52.8 Å². The SMILES string of the molecule is [2H]C([2H])([2H])c1ccnnc1C. The molecule has 0 aliphatic heterocycles. The molecule has 0 atom stereocenters. The molecule has 0 saturated heterocycles. The second-order valence-electron chi connectivity index (χ2n) is 1.53. The van der Waals surface area contributed by atoms with Crippen LogP contribution in [0.3, 0.4) is 0 Å². The first kappa shape index (κ1) is 2.58. The molecule has 0 aromatic carbocycles. The highest BCUT2D eigenvalue weighted by molar-refractivity contribution is 5.12. The third-order valence-corrected chi connectivity index (χ3v) is 0.905. The monoisotopic (exact) mass is 111 g/mol. The zero-order valence-electron chi connectivity index (χ0n) is 7.55. The predicted octanol–water partition coefficient (Wildman–Crippen LogP) is 1.09. The van der Waals surface area contributed by atoms with Crippen molar-refractivity contribution in [1.29, 1.82) is 0 Å². The number of hydrogen-bond acceptors (Lipinski definition) is 2. The van der Waals surface area contributed by atoms with Crippen LogP contribution in [0.4, 0.5) is 0 Å². The summed E-state index contributed by atoms with van der Waals surface area (Å²) in [5.74, 6) is 0. The van der Waals surface area contributed by atoms with Crippen molar-refractivity contribution in [2.45, 2.75) is 13.8 Å². The minimum Gasteiger partial charge on any atom is -0.159 e. The van der Waals surface area contributed by atoms with Crippen LogP contribution >= 0.6 is 0 Å².